The molecule has 18 heavy (non-hydrogen) atoms. The first-order valence-electron chi connectivity index (χ1n) is 7.11. The first-order chi connectivity index (χ1) is 8.39. The van der Waals surface area contributed by atoms with Crippen LogP contribution in [0, 0.1) is 0 Å². The highest BCUT2D eigenvalue weighted by molar-refractivity contribution is 7.89. The van der Waals surface area contributed by atoms with Gasteiger partial charge >= 0.3 is 0 Å². The summed E-state index contributed by atoms with van der Waals surface area (Å²) in [6.07, 6.45) is 4.39. The molecule has 0 atom stereocenters. The molecule has 0 heterocycles. The Balaban J connectivity index is 3.94. The summed E-state index contributed by atoms with van der Waals surface area (Å²) in [5.41, 5.74) is -0.292. The van der Waals surface area contributed by atoms with Crippen molar-refractivity contribution in [1.82, 2.24) is 10.0 Å². The summed E-state index contributed by atoms with van der Waals surface area (Å²) in [5, 5.41) is 3.28. The van der Waals surface area contributed by atoms with Gasteiger partial charge in [-0.2, -0.15) is 0 Å². The maximum atomic E-state index is 11.9. The lowest BCUT2D eigenvalue weighted by Crippen LogP contribution is -2.45. The third-order valence-corrected chi connectivity index (χ3v) is 5.04. The lowest BCUT2D eigenvalue weighted by Gasteiger charge is -2.27. The van der Waals surface area contributed by atoms with Crippen molar-refractivity contribution in [3.05, 3.63) is 0 Å². The summed E-state index contributed by atoms with van der Waals surface area (Å²) in [6.45, 7) is 10.0. The van der Waals surface area contributed by atoms with Gasteiger partial charge in [0, 0.05) is 5.54 Å². The topological polar surface area (TPSA) is 58.2 Å². The van der Waals surface area contributed by atoms with Crippen LogP contribution in [0.25, 0.3) is 0 Å². The molecule has 2 N–H and O–H groups in total. The summed E-state index contributed by atoms with van der Waals surface area (Å²) in [4.78, 5) is 0. The molecule has 4 nitrogen and oxygen atoms in total. The number of rotatable bonds is 11. The van der Waals surface area contributed by atoms with Crippen LogP contribution in [-0.2, 0) is 10.0 Å². The Morgan fingerprint density at radius 2 is 1.61 bits per heavy atom. The van der Waals surface area contributed by atoms with Crippen LogP contribution in [0.4, 0.5) is 0 Å². The van der Waals surface area contributed by atoms with Gasteiger partial charge in [-0.3, -0.25) is 0 Å². The predicted octanol–water partition coefficient (Wildman–Crippen LogP) is 2.26. The molecule has 0 aliphatic heterocycles. The predicted molar refractivity (Wildman–Crippen MR) is 78.3 cm³/mol. The molecule has 0 saturated heterocycles. The van der Waals surface area contributed by atoms with Crippen molar-refractivity contribution >= 4 is 10.0 Å². The highest BCUT2D eigenvalue weighted by Gasteiger charge is 2.25. The van der Waals surface area contributed by atoms with E-state index in [1.807, 2.05) is 20.8 Å². The first-order valence-corrected chi connectivity index (χ1v) is 8.76. The minimum Gasteiger partial charge on any atom is -0.317 e. The quantitative estimate of drug-likeness (QED) is 0.570. The van der Waals surface area contributed by atoms with Gasteiger partial charge in [0.1, 0.15) is 0 Å². The fourth-order valence-corrected chi connectivity index (χ4v) is 3.39. The number of nitrogens with one attached hydrogen (secondary N) is 2. The minimum atomic E-state index is -3.13. The lowest BCUT2D eigenvalue weighted by atomic mass is 9.98. The zero-order chi connectivity index (χ0) is 14.1. The van der Waals surface area contributed by atoms with Gasteiger partial charge in [-0.1, -0.05) is 20.8 Å². The number of hydrogen-bond acceptors (Lipinski definition) is 3. The molecule has 0 aromatic rings. The molecule has 0 aromatic heterocycles. The molecule has 0 radical (unpaired) electrons. The molecular formula is C13H30N2O2S. The van der Waals surface area contributed by atoms with E-state index >= 15 is 0 Å². The van der Waals surface area contributed by atoms with Crippen LogP contribution in [0.5, 0.6) is 0 Å². The Hall–Kier alpha value is -0.130. The molecule has 0 spiro atoms. The van der Waals surface area contributed by atoms with Crippen LogP contribution in [0.2, 0.25) is 0 Å². The third kappa shape index (κ3) is 8.06. The lowest BCUT2D eigenvalue weighted by molar-refractivity contribution is 0.388. The highest BCUT2D eigenvalue weighted by atomic mass is 32.2. The molecule has 0 fully saturated rings. The zero-order valence-corrected chi connectivity index (χ0v) is 13.2. The van der Waals surface area contributed by atoms with Crippen molar-refractivity contribution < 1.29 is 8.42 Å². The summed E-state index contributed by atoms with van der Waals surface area (Å²) in [5.74, 6) is 0.233. The first kappa shape index (κ1) is 17.9. The Morgan fingerprint density at radius 3 is 2.11 bits per heavy atom. The van der Waals surface area contributed by atoms with Crippen LogP contribution in [-0.4, -0.2) is 32.8 Å². The van der Waals surface area contributed by atoms with Gasteiger partial charge in [0.05, 0.1) is 5.75 Å². The summed E-state index contributed by atoms with van der Waals surface area (Å²) in [6, 6.07) is 0. The van der Waals surface area contributed by atoms with Gasteiger partial charge in [0.2, 0.25) is 10.0 Å². The molecule has 0 aliphatic rings. The zero-order valence-electron chi connectivity index (χ0n) is 12.4. The Morgan fingerprint density at radius 1 is 1.00 bits per heavy atom. The molecule has 110 valence electrons. The summed E-state index contributed by atoms with van der Waals surface area (Å²) < 4.78 is 26.7. The van der Waals surface area contributed by atoms with E-state index in [1.54, 1.807) is 0 Å². The van der Waals surface area contributed by atoms with Crippen LogP contribution in [0.1, 0.15) is 59.8 Å². The van der Waals surface area contributed by atoms with Crippen molar-refractivity contribution in [2.75, 3.05) is 18.8 Å². The second-order valence-corrected chi connectivity index (χ2v) is 6.99. The van der Waals surface area contributed by atoms with Crippen LogP contribution >= 0.6 is 0 Å². The second kappa shape index (κ2) is 8.88. The van der Waals surface area contributed by atoms with Crippen molar-refractivity contribution in [3.63, 3.8) is 0 Å². The van der Waals surface area contributed by atoms with E-state index < -0.39 is 10.0 Å². The van der Waals surface area contributed by atoms with Gasteiger partial charge < -0.3 is 5.32 Å². The van der Waals surface area contributed by atoms with Gasteiger partial charge in [0.15, 0.2) is 0 Å². The van der Waals surface area contributed by atoms with E-state index in [0.717, 1.165) is 45.2 Å². The number of sulfonamides is 1. The molecule has 0 amide bonds. The fraction of sp³-hybridized carbons (Fsp3) is 1.00. The number of hydrogen-bond donors (Lipinski definition) is 2. The normalized spacial score (nSPS) is 12.9. The molecule has 0 unspecified atom stereocenters. The third-order valence-electron chi connectivity index (χ3n) is 3.41. The van der Waals surface area contributed by atoms with Gasteiger partial charge in [-0.05, 0) is 52.1 Å². The maximum absolute atomic E-state index is 11.9. The van der Waals surface area contributed by atoms with Gasteiger partial charge in [-0.15, -0.1) is 0 Å². The highest BCUT2D eigenvalue weighted by Crippen LogP contribution is 2.15. The average Bonchev–Trinajstić information content (AvgIpc) is 2.33. The van der Waals surface area contributed by atoms with E-state index in [2.05, 4.69) is 17.0 Å². The van der Waals surface area contributed by atoms with Crippen molar-refractivity contribution in [2.24, 2.45) is 0 Å². The number of unbranched alkanes of at least 4 members (excludes halogenated alkanes) is 1. The molecule has 0 aliphatic carbocycles. The van der Waals surface area contributed by atoms with Crippen molar-refractivity contribution in [3.8, 4) is 0 Å². The molecule has 0 saturated carbocycles. The minimum absolute atomic E-state index is 0.233. The van der Waals surface area contributed by atoms with Crippen LogP contribution < -0.4 is 10.0 Å². The maximum Gasteiger partial charge on any atom is 0.212 e. The van der Waals surface area contributed by atoms with Crippen molar-refractivity contribution in [1.29, 1.82) is 0 Å². The Labute approximate surface area is 113 Å². The molecule has 0 bridgehead atoms. The van der Waals surface area contributed by atoms with E-state index in [0.29, 0.717) is 0 Å². The summed E-state index contributed by atoms with van der Waals surface area (Å²) >= 11 is 0. The molecule has 0 aromatic carbocycles. The largest absolute Gasteiger partial charge is 0.317 e. The molecule has 5 heteroatoms. The van der Waals surface area contributed by atoms with Crippen LogP contribution in [0.3, 0.4) is 0 Å². The van der Waals surface area contributed by atoms with Crippen molar-refractivity contribution in [2.45, 2.75) is 65.3 Å². The molecule has 0 rings (SSSR count). The van der Waals surface area contributed by atoms with Gasteiger partial charge in [-0.25, -0.2) is 13.1 Å². The monoisotopic (exact) mass is 278 g/mol. The van der Waals surface area contributed by atoms with E-state index in [9.17, 15) is 8.42 Å². The Bertz CT molecular complexity index is 298. The van der Waals surface area contributed by atoms with E-state index in [1.165, 1.54) is 0 Å². The summed E-state index contributed by atoms with van der Waals surface area (Å²) in [7, 11) is -3.13. The Kier molecular flexibility index (Phi) is 8.82. The van der Waals surface area contributed by atoms with Gasteiger partial charge in [0.25, 0.3) is 0 Å². The SMILES string of the molecule is CCCNCCCCS(=O)(=O)NC(C)(CC)CC. The smallest absolute Gasteiger partial charge is 0.212 e. The second-order valence-electron chi connectivity index (χ2n) is 5.15. The van der Waals surface area contributed by atoms with E-state index in [-0.39, 0.29) is 11.3 Å². The fourth-order valence-electron chi connectivity index (χ4n) is 1.66. The standard InChI is InChI=1S/C13H30N2O2S/c1-5-10-14-11-8-9-12-18(16,17)15-13(4,6-2)7-3/h14-15H,5-12H2,1-4H3. The molecular weight excluding hydrogens is 248 g/mol. The van der Waals surface area contributed by atoms with Crippen LogP contribution in [0.15, 0.2) is 0 Å². The van der Waals surface area contributed by atoms with E-state index in [4.69, 9.17) is 0 Å². The average molecular weight is 278 g/mol.